The van der Waals surface area contributed by atoms with Crippen molar-refractivity contribution in [1.82, 2.24) is 0 Å². The molecule has 6 heteroatoms. The van der Waals surface area contributed by atoms with Crippen LogP contribution in [0.2, 0.25) is 0 Å². The van der Waals surface area contributed by atoms with E-state index in [2.05, 4.69) is 10.1 Å². The number of halogens is 2. The van der Waals surface area contributed by atoms with Gasteiger partial charge in [0.15, 0.2) is 0 Å². The Morgan fingerprint density at radius 1 is 1.17 bits per heavy atom. The van der Waals surface area contributed by atoms with Crippen LogP contribution in [-0.4, -0.2) is 18.3 Å². The molecule has 2 aromatic carbocycles. The Kier molecular flexibility index (Phi) is 6.40. The summed E-state index contributed by atoms with van der Waals surface area (Å²) in [6.07, 6.45) is 0. The molecule has 0 aliphatic carbocycles. The zero-order valence-corrected chi connectivity index (χ0v) is 13.4. The Hall–Kier alpha value is -2.08. The molecular formula is C17H17F2NO2S. The van der Waals surface area contributed by atoms with Crippen molar-refractivity contribution in [3.05, 3.63) is 59.7 Å². The van der Waals surface area contributed by atoms with Gasteiger partial charge in [-0.15, -0.1) is 11.8 Å². The molecular weight excluding hydrogens is 320 g/mol. The lowest BCUT2D eigenvalue weighted by atomic mass is 10.2. The normalized spacial score (nSPS) is 10.6. The molecule has 0 aliphatic rings. The minimum Gasteiger partial charge on any atom is -0.433 e. The molecule has 0 bridgehead atoms. The average molecular weight is 337 g/mol. The quantitative estimate of drug-likeness (QED) is 0.810. The number of aryl methyl sites for hydroxylation is 1. The molecule has 0 unspecified atom stereocenters. The monoisotopic (exact) mass is 337 g/mol. The number of anilines is 1. The number of thioether (sulfide) groups is 1. The Bertz CT molecular complexity index is 647. The van der Waals surface area contributed by atoms with E-state index in [1.54, 1.807) is 12.1 Å². The van der Waals surface area contributed by atoms with Crippen LogP contribution in [0, 0.1) is 6.92 Å². The number of benzene rings is 2. The molecule has 2 rings (SSSR count). The molecule has 0 aromatic heterocycles. The third-order valence-electron chi connectivity index (χ3n) is 3.00. The Morgan fingerprint density at radius 2 is 1.87 bits per heavy atom. The van der Waals surface area contributed by atoms with Crippen molar-refractivity contribution in [1.29, 1.82) is 0 Å². The molecule has 23 heavy (non-hydrogen) atoms. The molecule has 0 spiro atoms. The van der Waals surface area contributed by atoms with Crippen LogP contribution in [0.4, 0.5) is 14.5 Å². The van der Waals surface area contributed by atoms with Gasteiger partial charge in [-0.1, -0.05) is 42.0 Å². The third-order valence-corrected chi connectivity index (χ3v) is 4.00. The van der Waals surface area contributed by atoms with Crippen molar-refractivity contribution >= 4 is 23.4 Å². The molecule has 0 fully saturated rings. The summed E-state index contributed by atoms with van der Waals surface area (Å²) in [5.74, 6) is 0.645. The van der Waals surface area contributed by atoms with E-state index < -0.39 is 6.61 Å². The fraction of sp³-hybridized carbons (Fsp3) is 0.235. The van der Waals surface area contributed by atoms with Crippen LogP contribution in [0.1, 0.15) is 11.1 Å². The number of para-hydroxylation sites is 2. The van der Waals surface area contributed by atoms with Gasteiger partial charge in [-0.2, -0.15) is 8.78 Å². The van der Waals surface area contributed by atoms with Gasteiger partial charge < -0.3 is 10.1 Å². The third kappa shape index (κ3) is 5.90. The molecule has 122 valence electrons. The van der Waals surface area contributed by atoms with Crippen molar-refractivity contribution in [3.63, 3.8) is 0 Å². The molecule has 0 heterocycles. The number of alkyl halides is 2. The maximum absolute atomic E-state index is 12.3. The van der Waals surface area contributed by atoms with Crippen LogP contribution < -0.4 is 10.1 Å². The molecule has 2 aromatic rings. The zero-order chi connectivity index (χ0) is 16.7. The summed E-state index contributed by atoms with van der Waals surface area (Å²) in [7, 11) is 0. The SMILES string of the molecule is Cc1ccc(CSCC(=O)Nc2ccccc2OC(F)F)cc1. The van der Waals surface area contributed by atoms with Gasteiger partial charge in [-0.25, -0.2) is 0 Å². The number of carbonyl (C=O) groups is 1. The molecule has 1 N–H and O–H groups in total. The highest BCUT2D eigenvalue weighted by atomic mass is 32.2. The maximum atomic E-state index is 12.3. The fourth-order valence-electron chi connectivity index (χ4n) is 1.90. The highest BCUT2D eigenvalue weighted by molar-refractivity contribution is 7.99. The molecule has 0 saturated heterocycles. The highest BCUT2D eigenvalue weighted by Crippen LogP contribution is 2.25. The van der Waals surface area contributed by atoms with Crippen LogP contribution in [0.25, 0.3) is 0 Å². The minimum absolute atomic E-state index is 0.0422. The molecule has 0 aliphatic heterocycles. The smallest absolute Gasteiger partial charge is 0.387 e. The van der Waals surface area contributed by atoms with Gasteiger partial charge in [-0.05, 0) is 24.6 Å². The maximum Gasteiger partial charge on any atom is 0.387 e. The summed E-state index contributed by atoms with van der Waals surface area (Å²) < 4.78 is 29.0. The van der Waals surface area contributed by atoms with E-state index in [0.717, 1.165) is 5.56 Å². The second kappa shape index (κ2) is 8.53. The van der Waals surface area contributed by atoms with E-state index in [9.17, 15) is 13.6 Å². The van der Waals surface area contributed by atoms with Crippen LogP contribution in [-0.2, 0) is 10.5 Å². The summed E-state index contributed by atoms with van der Waals surface area (Å²) in [4.78, 5) is 11.9. The van der Waals surface area contributed by atoms with Crippen LogP contribution >= 0.6 is 11.8 Å². The minimum atomic E-state index is -2.93. The summed E-state index contributed by atoms with van der Waals surface area (Å²) in [5, 5.41) is 2.59. The fourth-order valence-corrected chi connectivity index (χ4v) is 2.69. The topological polar surface area (TPSA) is 38.3 Å². The first kappa shape index (κ1) is 17.3. The number of hydrogen-bond acceptors (Lipinski definition) is 3. The molecule has 0 atom stereocenters. The van der Waals surface area contributed by atoms with Crippen molar-refractivity contribution < 1.29 is 18.3 Å². The van der Waals surface area contributed by atoms with Gasteiger partial charge >= 0.3 is 6.61 Å². The summed E-state index contributed by atoms with van der Waals surface area (Å²) >= 11 is 1.46. The number of ether oxygens (including phenoxy) is 1. The standard InChI is InChI=1S/C17H17F2NO2S/c1-12-6-8-13(9-7-12)10-23-11-16(21)20-14-4-2-3-5-15(14)22-17(18)19/h2-9,17H,10-11H2,1H3,(H,20,21). The van der Waals surface area contributed by atoms with Gasteiger partial charge in [-0.3, -0.25) is 4.79 Å². The van der Waals surface area contributed by atoms with Crippen LogP contribution in [0.3, 0.4) is 0 Å². The first-order valence-electron chi connectivity index (χ1n) is 7.01. The van der Waals surface area contributed by atoms with Crippen molar-refractivity contribution in [2.75, 3.05) is 11.1 Å². The number of carbonyl (C=O) groups excluding carboxylic acids is 1. The largest absolute Gasteiger partial charge is 0.433 e. The van der Waals surface area contributed by atoms with E-state index in [0.29, 0.717) is 5.75 Å². The predicted molar refractivity (Wildman–Crippen MR) is 89.0 cm³/mol. The van der Waals surface area contributed by atoms with Crippen molar-refractivity contribution in [2.24, 2.45) is 0 Å². The van der Waals surface area contributed by atoms with E-state index in [1.165, 1.54) is 29.5 Å². The second-order valence-electron chi connectivity index (χ2n) is 4.90. The van der Waals surface area contributed by atoms with Gasteiger partial charge in [0.25, 0.3) is 0 Å². The Morgan fingerprint density at radius 3 is 2.57 bits per heavy atom. The zero-order valence-electron chi connectivity index (χ0n) is 12.6. The van der Waals surface area contributed by atoms with E-state index >= 15 is 0 Å². The number of hydrogen-bond donors (Lipinski definition) is 1. The first-order valence-corrected chi connectivity index (χ1v) is 8.17. The number of nitrogens with one attached hydrogen (secondary N) is 1. The summed E-state index contributed by atoms with van der Waals surface area (Å²) in [5.41, 5.74) is 2.57. The van der Waals surface area contributed by atoms with E-state index in [4.69, 9.17) is 0 Å². The molecule has 0 radical (unpaired) electrons. The molecule has 0 saturated carbocycles. The van der Waals surface area contributed by atoms with Crippen LogP contribution in [0.5, 0.6) is 5.75 Å². The second-order valence-corrected chi connectivity index (χ2v) is 5.89. The number of rotatable bonds is 7. The van der Waals surface area contributed by atoms with Gasteiger partial charge in [0.1, 0.15) is 5.75 Å². The van der Waals surface area contributed by atoms with E-state index in [1.807, 2.05) is 31.2 Å². The molecule has 1 amide bonds. The summed E-state index contributed by atoms with van der Waals surface area (Å²) in [6, 6.07) is 14.2. The van der Waals surface area contributed by atoms with Crippen LogP contribution in [0.15, 0.2) is 48.5 Å². The Labute approximate surface area is 138 Å². The lowest BCUT2D eigenvalue weighted by Gasteiger charge is -2.11. The lowest BCUT2D eigenvalue weighted by molar-refractivity contribution is -0.113. The number of amides is 1. The molecule has 3 nitrogen and oxygen atoms in total. The Balaban J connectivity index is 1.84. The summed E-state index contributed by atoms with van der Waals surface area (Å²) in [6.45, 7) is -0.910. The van der Waals surface area contributed by atoms with Crippen molar-refractivity contribution in [2.45, 2.75) is 19.3 Å². The predicted octanol–water partition coefficient (Wildman–Crippen LogP) is 4.47. The highest BCUT2D eigenvalue weighted by Gasteiger charge is 2.11. The lowest BCUT2D eigenvalue weighted by Crippen LogP contribution is -2.15. The average Bonchev–Trinajstić information content (AvgIpc) is 2.51. The van der Waals surface area contributed by atoms with Gasteiger partial charge in [0.2, 0.25) is 5.91 Å². The van der Waals surface area contributed by atoms with Gasteiger partial charge in [0, 0.05) is 5.75 Å². The van der Waals surface area contributed by atoms with Gasteiger partial charge in [0.05, 0.1) is 11.4 Å². The van der Waals surface area contributed by atoms with Crippen molar-refractivity contribution in [3.8, 4) is 5.75 Å². The van der Waals surface area contributed by atoms with E-state index in [-0.39, 0.29) is 23.1 Å². The first-order chi connectivity index (χ1) is 11.0.